The molecule has 0 heterocycles. The Morgan fingerprint density at radius 1 is 0.839 bits per heavy atom. The Hall–Kier alpha value is -2.94. The van der Waals surface area contributed by atoms with Gasteiger partial charge in [-0.1, -0.05) is 23.2 Å². The van der Waals surface area contributed by atoms with Gasteiger partial charge in [0.05, 0.1) is 19.2 Å². The minimum atomic E-state index is -4.05. The van der Waals surface area contributed by atoms with E-state index < -0.39 is 15.9 Å². The van der Waals surface area contributed by atoms with E-state index in [1.807, 2.05) is 0 Å². The van der Waals surface area contributed by atoms with Gasteiger partial charge in [-0.2, -0.15) is 0 Å². The number of methoxy groups -OCH3 is 2. The largest absolute Gasteiger partial charge is 0.497 e. The summed E-state index contributed by atoms with van der Waals surface area (Å²) < 4.78 is 38.4. The van der Waals surface area contributed by atoms with E-state index in [9.17, 15) is 13.2 Å². The molecule has 3 aromatic carbocycles. The fourth-order valence-electron chi connectivity index (χ4n) is 2.66. The summed E-state index contributed by atoms with van der Waals surface area (Å²) in [5.41, 5.74) is 0.821. The van der Waals surface area contributed by atoms with Crippen LogP contribution in [-0.4, -0.2) is 28.5 Å². The van der Waals surface area contributed by atoms with Crippen molar-refractivity contribution < 1.29 is 22.7 Å². The van der Waals surface area contributed by atoms with E-state index in [2.05, 4.69) is 10.0 Å². The van der Waals surface area contributed by atoms with Crippen LogP contribution in [0.5, 0.6) is 11.5 Å². The second-order valence-electron chi connectivity index (χ2n) is 6.31. The molecular formula is C21H18Cl2N2O5S. The van der Waals surface area contributed by atoms with Crippen molar-refractivity contribution in [2.24, 2.45) is 0 Å². The van der Waals surface area contributed by atoms with Gasteiger partial charge in [0.15, 0.2) is 0 Å². The van der Waals surface area contributed by atoms with E-state index >= 15 is 0 Å². The van der Waals surface area contributed by atoms with Crippen LogP contribution in [0.3, 0.4) is 0 Å². The van der Waals surface area contributed by atoms with Gasteiger partial charge in [0.25, 0.3) is 15.9 Å². The first-order valence-electron chi connectivity index (χ1n) is 8.84. The fourth-order valence-corrected chi connectivity index (χ4v) is 4.37. The van der Waals surface area contributed by atoms with E-state index in [0.717, 1.165) is 0 Å². The van der Waals surface area contributed by atoms with E-state index in [1.54, 1.807) is 30.3 Å². The lowest BCUT2D eigenvalue weighted by atomic mass is 10.2. The summed E-state index contributed by atoms with van der Waals surface area (Å²) in [6, 6.07) is 15.0. The van der Waals surface area contributed by atoms with Gasteiger partial charge >= 0.3 is 0 Å². The molecule has 10 heteroatoms. The van der Waals surface area contributed by atoms with Crippen LogP contribution < -0.4 is 19.5 Å². The number of hydrogen-bond donors (Lipinski definition) is 2. The minimum Gasteiger partial charge on any atom is -0.497 e. The quantitative estimate of drug-likeness (QED) is 0.492. The number of halogens is 2. The summed E-state index contributed by atoms with van der Waals surface area (Å²) >= 11 is 11.9. The predicted octanol–water partition coefficient (Wildman–Crippen LogP) is 5.06. The van der Waals surface area contributed by atoms with Crippen molar-refractivity contribution in [3.8, 4) is 11.5 Å². The van der Waals surface area contributed by atoms with Crippen LogP contribution in [0.25, 0.3) is 0 Å². The molecule has 0 aliphatic carbocycles. The first-order valence-corrected chi connectivity index (χ1v) is 11.1. The highest BCUT2D eigenvalue weighted by atomic mass is 35.5. The van der Waals surface area contributed by atoms with Gasteiger partial charge in [0, 0.05) is 40.2 Å². The molecule has 0 atom stereocenters. The molecular weight excluding hydrogens is 463 g/mol. The summed E-state index contributed by atoms with van der Waals surface area (Å²) in [7, 11) is -1.07. The minimum absolute atomic E-state index is 0.0268. The normalized spacial score (nSPS) is 11.0. The van der Waals surface area contributed by atoms with Gasteiger partial charge in [0.2, 0.25) is 0 Å². The second kappa shape index (κ2) is 9.47. The highest BCUT2D eigenvalue weighted by Crippen LogP contribution is 2.28. The maximum atomic E-state index is 12.8. The summed E-state index contributed by atoms with van der Waals surface area (Å²) in [5.74, 6) is 0.442. The molecule has 2 N–H and O–H groups in total. The number of rotatable bonds is 7. The number of nitrogens with one attached hydrogen (secondary N) is 2. The molecule has 7 nitrogen and oxygen atoms in total. The summed E-state index contributed by atoms with van der Waals surface area (Å²) in [4.78, 5) is 12.5. The molecule has 162 valence electrons. The standard InChI is InChI=1S/C21H18Cl2N2O5S/c1-29-17-10-16(11-18(12-17)30-2)24-21(26)13-3-8-19(23)20(9-13)31(27,28)25-15-6-4-14(22)5-7-15/h3-12,25H,1-2H3,(H,24,26). The SMILES string of the molecule is COc1cc(NC(=O)c2ccc(Cl)c(S(=O)(=O)Nc3ccc(Cl)cc3)c2)cc(OC)c1. The molecule has 0 fully saturated rings. The topological polar surface area (TPSA) is 93.7 Å². The first kappa shape index (κ1) is 22.7. The van der Waals surface area contributed by atoms with Crippen molar-refractivity contribution in [3.05, 3.63) is 76.3 Å². The third-order valence-electron chi connectivity index (χ3n) is 4.19. The summed E-state index contributed by atoms with van der Waals surface area (Å²) in [6.07, 6.45) is 0. The molecule has 0 aromatic heterocycles. The molecule has 0 radical (unpaired) electrons. The number of carbonyl (C=O) groups excluding carboxylic acids is 1. The maximum absolute atomic E-state index is 12.8. The molecule has 0 unspecified atom stereocenters. The third kappa shape index (κ3) is 5.61. The van der Waals surface area contributed by atoms with Crippen LogP contribution in [0.2, 0.25) is 10.0 Å². The average molecular weight is 481 g/mol. The Kier molecular flexibility index (Phi) is 6.94. The van der Waals surface area contributed by atoms with Crippen LogP contribution in [-0.2, 0) is 10.0 Å². The Labute approximate surface area is 189 Å². The van der Waals surface area contributed by atoms with Gasteiger partial charge in [-0.15, -0.1) is 0 Å². The zero-order valence-corrected chi connectivity index (χ0v) is 18.8. The van der Waals surface area contributed by atoms with Crippen molar-refractivity contribution in [3.63, 3.8) is 0 Å². The first-order chi connectivity index (χ1) is 14.7. The van der Waals surface area contributed by atoms with E-state index in [-0.39, 0.29) is 15.5 Å². The zero-order chi connectivity index (χ0) is 22.6. The van der Waals surface area contributed by atoms with Gasteiger partial charge in [-0.3, -0.25) is 9.52 Å². The Bertz CT molecular complexity index is 1190. The molecule has 0 aliphatic rings. The zero-order valence-electron chi connectivity index (χ0n) is 16.5. The Morgan fingerprint density at radius 3 is 2.03 bits per heavy atom. The molecule has 0 bridgehead atoms. The summed E-state index contributed by atoms with van der Waals surface area (Å²) in [5, 5.41) is 3.13. The predicted molar refractivity (Wildman–Crippen MR) is 121 cm³/mol. The second-order valence-corrected chi connectivity index (χ2v) is 8.81. The highest BCUT2D eigenvalue weighted by molar-refractivity contribution is 7.92. The molecule has 3 aromatic rings. The molecule has 0 saturated heterocycles. The van der Waals surface area contributed by atoms with Crippen molar-refractivity contribution in [2.75, 3.05) is 24.3 Å². The highest BCUT2D eigenvalue weighted by Gasteiger charge is 2.21. The van der Waals surface area contributed by atoms with Crippen LogP contribution in [0.4, 0.5) is 11.4 Å². The summed E-state index contributed by atoms with van der Waals surface area (Å²) in [6.45, 7) is 0. The van der Waals surface area contributed by atoms with Crippen LogP contribution in [0.15, 0.2) is 65.6 Å². The fraction of sp³-hybridized carbons (Fsp3) is 0.0952. The van der Waals surface area contributed by atoms with Crippen molar-refractivity contribution in [1.82, 2.24) is 0 Å². The van der Waals surface area contributed by atoms with Gasteiger partial charge in [-0.25, -0.2) is 8.42 Å². The third-order valence-corrected chi connectivity index (χ3v) is 6.30. The molecule has 0 saturated carbocycles. The van der Waals surface area contributed by atoms with Gasteiger partial charge in [0.1, 0.15) is 16.4 Å². The van der Waals surface area contributed by atoms with Crippen molar-refractivity contribution in [1.29, 1.82) is 0 Å². The molecule has 3 rings (SSSR count). The Balaban J connectivity index is 1.88. The smallest absolute Gasteiger partial charge is 0.263 e. The monoisotopic (exact) mass is 480 g/mol. The van der Waals surface area contributed by atoms with E-state index in [0.29, 0.717) is 27.9 Å². The molecule has 31 heavy (non-hydrogen) atoms. The average Bonchev–Trinajstić information content (AvgIpc) is 2.75. The van der Waals surface area contributed by atoms with E-state index in [1.165, 1.54) is 44.6 Å². The van der Waals surface area contributed by atoms with Crippen molar-refractivity contribution >= 4 is 50.5 Å². The van der Waals surface area contributed by atoms with Gasteiger partial charge in [-0.05, 0) is 42.5 Å². The van der Waals surface area contributed by atoms with Crippen LogP contribution in [0.1, 0.15) is 10.4 Å². The van der Waals surface area contributed by atoms with E-state index in [4.69, 9.17) is 32.7 Å². The number of carbonyl (C=O) groups is 1. The number of hydrogen-bond acceptors (Lipinski definition) is 5. The van der Waals surface area contributed by atoms with Crippen LogP contribution >= 0.6 is 23.2 Å². The lowest BCUT2D eigenvalue weighted by Gasteiger charge is -2.12. The Morgan fingerprint density at radius 2 is 1.45 bits per heavy atom. The van der Waals surface area contributed by atoms with Gasteiger partial charge < -0.3 is 14.8 Å². The molecule has 1 amide bonds. The molecule has 0 spiro atoms. The van der Waals surface area contributed by atoms with Crippen LogP contribution in [0, 0.1) is 0 Å². The van der Waals surface area contributed by atoms with Crippen molar-refractivity contribution in [2.45, 2.75) is 4.90 Å². The number of ether oxygens (including phenoxy) is 2. The number of benzene rings is 3. The lowest BCUT2D eigenvalue weighted by Crippen LogP contribution is -2.16. The molecule has 0 aliphatic heterocycles. The lowest BCUT2D eigenvalue weighted by molar-refractivity contribution is 0.102. The maximum Gasteiger partial charge on any atom is 0.263 e. The number of amides is 1. The number of anilines is 2. The number of sulfonamides is 1.